The first-order chi connectivity index (χ1) is 27.1. The second-order valence-electron chi connectivity index (χ2n) is 14.8. The molecule has 1 saturated heterocycles. The number of ether oxygens (including phenoxy) is 3. The number of allylic oxidation sites excluding steroid dienone is 5. The highest BCUT2D eigenvalue weighted by molar-refractivity contribution is 7.47. The van der Waals surface area contributed by atoms with Crippen molar-refractivity contribution >= 4 is 13.8 Å². The highest BCUT2D eigenvalue weighted by Crippen LogP contribution is 2.43. The third kappa shape index (κ3) is 29.4. The monoisotopic (exact) mass is 816 g/mol. The molecule has 0 aromatic carbocycles. The fraction of sp³-hybridized carbons (Fsp3) is 0.791. The molecular weight excluding hydrogens is 737 g/mol. The van der Waals surface area contributed by atoms with Gasteiger partial charge in [-0.15, -0.1) is 0 Å². The summed E-state index contributed by atoms with van der Waals surface area (Å²) in [5.74, 6) is -0.790. The standard InChI is InChI=1S/C43H78NO11P/c1-3-5-7-8-9-10-11-12-13-14-15-16-17-18-21-25-32-51-35-38(36-53-56(49,50)52-33-31-44)54-42(47)28-24-20-19-23-27-39-40(46)34-43(48)55-41(39)30-29-37(45)26-22-6-4-2/h12-13,19,23,25,29-30,32,37-41,43,45-46,48H,3-11,14-18,20-22,24,26-28,31,33-36,44H2,1-2H3,(H,49,50)/b13-12-,23-19-,30-29+,32-25-/t37-,38+,39-,40-,41+,43?/m0/s1. The predicted octanol–water partition coefficient (Wildman–Crippen LogP) is 8.87. The number of carbonyl (C=O) groups excluding carboxylic acids is 1. The van der Waals surface area contributed by atoms with Gasteiger partial charge in [-0.05, 0) is 70.3 Å². The lowest BCUT2D eigenvalue weighted by Gasteiger charge is -2.36. The molecule has 2 unspecified atom stereocenters. The van der Waals surface area contributed by atoms with Crippen molar-refractivity contribution in [3.8, 4) is 0 Å². The molecule has 326 valence electrons. The van der Waals surface area contributed by atoms with Crippen LogP contribution in [-0.4, -0.2) is 83.3 Å². The molecule has 12 nitrogen and oxygen atoms in total. The average molecular weight is 816 g/mol. The summed E-state index contributed by atoms with van der Waals surface area (Å²) in [6, 6.07) is 0. The molecule has 0 aliphatic carbocycles. The molecule has 1 aliphatic heterocycles. The van der Waals surface area contributed by atoms with Crippen LogP contribution in [0.5, 0.6) is 0 Å². The van der Waals surface area contributed by atoms with E-state index in [4.69, 9.17) is 29.0 Å². The zero-order valence-corrected chi connectivity index (χ0v) is 35.5. The van der Waals surface area contributed by atoms with E-state index in [1.807, 2.05) is 18.2 Å². The maximum atomic E-state index is 12.7. The highest BCUT2D eigenvalue weighted by atomic mass is 31.2. The maximum absolute atomic E-state index is 12.7. The lowest BCUT2D eigenvalue weighted by atomic mass is 9.87. The summed E-state index contributed by atoms with van der Waals surface area (Å²) in [4.78, 5) is 22.6. The first-order valence-corrected chi connectivity index (χ1v) is 23.1. The van der Waals surface area contributed by atoms with Gasteiger partial charge in [-0.3, -0.25) is 13.8 Å². The Morgan fingerprint density at radius 1 is 0.821 bits per heavy atom. The van der Waals surface area contributed by atoms with Gasteiger partial charge in [-0.25, -0.2) is 4.57 Å². The smallest absolute Gasteiger partial charge is 0.472 e. The van der Waals surface area contributed by atoms with Gasteiger partial charge in [0.05, 0.1) is 37.8 Å². The number of phosphoric ester groups is 1. The Balaban J connectivity index is 2.44. The first-order valence-electron chi connectivity index (χ1n) is 21.6. The number of carbonyl (C=O) groups is 1. The van der Waals surface area contributed by atoms with Crippen LogP contribution in [0, 0.1) is 5.92 Å². The zero-order chi connectivity index (χ0) is 41.1. The van der Waals surface area contributed by atoms with Gasteiger partial charge in [-0.1, -0.05) is 115 Å². The number of aliphatic hydroxyl groups is 3. The third-order valence-corrected chi connectivity index (χ3v) is 10.6. The van der Waals surface area contributed by atoms with Crippen LogP contribution in [0.25, 0.3) is 0 Å². The van der Waals surface area contributed by atoms with Gasteiger partial charge in [0.2, 0.25) is 0 Å². The molecule has 0 radical (unpaired) electrons. The Kier molecular flexibility index (Phi) is 32.7. The van der Waals surface area contributed by atoms with Crippen LogP contribution in [-0.2, 0) is 32.6 Å². The topological polar surface area (TPSA) is 187 Å². The summed E-state index contributed by atoms with van der Waals surface area (Å²) in [6.45, 7) is 3.79. The molecule has 56 heavy (non-hydrogen) atoms. The minimum Gasteiger partial charge on any atom is -0.498 e. The van der Waals surface area contributed by atoms with Crippen LogP contribution < -0.4 is 5.73 Å². The van der Waals surface area contributed by atoms with Crippen molar-refractivity contribution in [2.75, 3.05) is 26.4 Å². The van der Waals surface area contributed by atoms with Crippen molar-refractivity contribution in [3.63, 3.8) is 0 Å². The van der Waals surface area contributed by atoms with Crippen molar-refractivity contribution in [1.29, 1.82) is 0 Å². The summed E-state index contributed by atoms with van der Waals surface area (Å²) in [5, 5.41) is 30.9. The molecule has 7 atom stereocenters. The maximum Gasteiger partial charge on any atom is 0.472 e. The fourth-order valence-corrected chi connectivity index (χ4v) is 7.05. The number of nitrogens with two attached hydrogens (primary N) is 1. The Morgan fingerprint density at radius 3 is 2.11 bits per heavy atom. The van der Waals surface area contributed by atoms with Crippen LogP contribution in [0.4, 0.5) is 0 Å². The number of phosphoric acid groups is 1. The molecule has 1 rings (SSSR count). The summed E-state index contributed by atoms with van der Waals surface area (Å²) in [7, 11) is -4.37. The van der Waals surface area contributed by atoms with E-state index in [1.165, 1.54) is 57.8 Å². The summed E-state index contributed by atoms with van der Waals surface area (Å²) in [5.41, 5.74) is 5.36. The largest absolute Gasteiger partial charge is 0.498 e. The Morgan fingerprint density at radius 2 is 1.43 bits per heavy atom. The molecule has 0 spiro atoms. The van der Waals surface area contributed by atoms with Crippen LogP contribution in [0.3, 0.4) is 0 Å². The van der Waals surface area contributed by atoms with Gasteiger partial charge in [0.1, 0.15) is 6.61 Å². The third-order valence-electron chi connectivity index (χ3n) is 9.58. The first kappa shape index (κ1) is 52.2. The van der Waals surface area contributed by atoms with E-state index in [2.05, 4.69) is 26.0 Å². The molecule has 0 saturated carbocycles. The van der Waals surface area contributed by atoms with Crippen molar-refractivity contribution in [2.45, 2.75) is 186 Å². The average Bonchev–Trinajstić information content (AvgIpc) is 3.16. The van der Waals surface area contributed by atoms with Gasteiger partial charge < -0.3 is 40.2 Å². The van der Waals surface area contributed by atoms with Crippen LogP contribution in [0.15, 0.2) is 48.8 Å². The molecule has 0 aromatic heterocycles. The van der Waals surface area contributed by atoms with Crippen molar-refractivity contribution < 1.29 is 52.8 Å². The minimum absolute atomic E-state index is 0.0458. The second-order valence-corrected chi connectivity index (χ2v) is 16.2. The molecule has 1 fully saturated rings. The van der Waals surface area contributed by atoms with Gasteiger partial charge >= 0.3 is 13.8 Å². The second kappa shape index (κ2) is 35.1. The van der Waals surface area contributed by atoms with Crippen LogP contribution in [0.2, 0.25) is 0 Å². The molecule has 1 aliphatic rings. The highest BCUT2D eigenvalue weighted by Gasteiger charge is 2.35. The minimum atomic E-state index is -4.37. The van der Waals surface area contributed by atoms with E-state index in [0.29, 0.717) is 25.7 Å². The van der Waals surface area contributed by atoms with Crippen molar-refractivity contribution in [2.24, 2.45) is 11.7 Å². The summed E-state index contributed by atoms with van der Waals surface area (Å²) < 4.78 is 38.8. The van der Waals surface area contributed by atoms with Gasteiger partial charge in [-0.2, -0.15) is 0 Å². The van der Waals surface area contributed by atoms with Gasteiger partial charge in [0.15, 0.2) is 12.4 Å². The quantitative estimate of drug-likeness (QED) is 0.0133. The Bertz CT molecular complexity index is 1120. The van der Waals surface area contributed by atoms with Crippen molar-refractivity contribution in [3.05, 3.63) is 48.8 Å². The molecule has 0 aromatic rings. The number of esters is 1. The SMILES string of the molecule is CCCCCCCC/C=C\CCCCCC/C=C\OC[C@H](COP(=O)(O)OCCN)OC(=O)CCC/C=C\C[C@H]1[C@@H](O)CC(O)O[C@@H]1/C=C/[C@@H](O)CCCCC. The van der Waals surface area contributed by atoms with E-state index in [1.54, 1.807) is 18.4 Å². The summed E-state index contributed by atoms with van der Waals surface area (Å²) in [6.07, 6.45) is 32.7. The Labute approximate surface area is 338 Å². The summed E-state index contributed by atoms with van der Waals surface area (Å²) >= 11 is 0. The number of rotatable bonds is 36. The van der Waals surface area contributed by atoms with E-state index in [-0.39, 0.29) is 38.5 Å². The number of hydrogen-bond acceptors (Lipinski definition) is 11. The Hall–Kier alpha value is -1.86. The van der Waals surface area contributed by atoms with E-state index < -0.39 is 51.1 Å². The molecule has 6 N–H and O–H groups in total. The van der Waals surface area contributed by atoms with Crippen LogP contribution >= 0.6 is 7.82 Å². The molecule has 0 bridgehead atoms. The lowest BCUT2D eigenvalue weighted by Crippen LogP contribution is -2.43. The van der Waals surface area contributed by atoms with E-state index >= 15 is 0 Å². The predicted molar refractivity (Wildman–Crippen MR) is 222 cm³/mol. The molecular formula is C43H78NO11P. The van der Waals surface area contributed by atoms with Gasteiger partial charge in [0.25, 0.3) is 0 Å². The molecule has 0 amide bonds. The normalized spacial score (nSPS) is 21.3. The number of hydrogen-bond donors (Lipinski definition) is 5. The zero-order valence-electron chi connectivity index (χ0n) is 34.6. The number of aliphatic hydroxyl groups excluding tert-OH is 3. The molecule has 1 heterocycles. The van der Waals surface area contributed by atoms with Crippen molar-refractivity contribution in [1.82, 2.24) is 0 Å². The molecule has 13 heteroatoms. The van der Waals surface area contributed by atoms with E-state index in [0.717, 1.165) is 44.9 Å². The number of unbranched alkanes of at least 4 members (excludes halogenated alkanes) is 14. The van der Waals surface area contributed by atoms with Gasteiger partial charge in [0, 0.05) is 25.3 Å². The van der Waals surface area contributed by atoms with E-state index in [9.17, 15) is 29.6 Å². The fourth-order valence-electron chi connectivity index (χ4n) is 6.29. The lowest BCUT2D eigenvalue weighted by molar-refractivity contribution is -0.199. The van der Waals surface area contributed by atoms with Crippen LogP contribution in [0.1, 0.15) is 155 Å².